The quantitative estimate of drug-likeness (QED) is 0.704. The number of carbonyl (C=O) groups is 1. The Morgan fingerprint density at radius 3 is 2.83 bits per heavy atom. The zero-order valence-electron chi connectivity index (χ0n) is 13.3. The number of aromatic nitrogens is 1. The van der Waals surface area contributed by atoms with Crippen LogP contribution in [-0.4, -0.2) is 18.1 Å². The van der Waals surface area contributed by atoms with Crippen LogP contribution in [-0.2, 0) is 6.54 Å². The van der Waals surface area contributed by atoms with E-state index in [4.69, 9.17) is 4.74 Å². The molecule has 0 atom stereocenters. The van der Waals surface area contributed by atoms with Crippen LogP contribution in [0.2, 0.25) is 0 Å². The molecule has 0 fully saturated rings. The maximum Gasteiger partial charge on any atom is 0.319 e. The van der Waals surface area contributed by atoms with Gasteiger partial charge in [-0.1, -0.05) is 18.2 Å². The van der Waals surface area contributed by atoms with E-state index < -0.39 is 0 Å². The van der Waals surface area contributed by atoms with Gasteiger partial charge in [-0.3, -0.25) is 0 Å². The number of hydrogen-bond donors (Lipinski definition) is 2. The molecule has 0 bridgehead atoms. The number of anilines is 1. The number of methoxy groups -OCH3 is 1. The van der Waals surface area contributed by atoms with Crippen molar-refractivity contribution in [2.45, 2.75) is 13.5 Å². The van der Waals surface area contributed by atoms with E-state index in [1.165, 1.54) is 0 Å². The van der Waals surface area contributed by atoms with Crippen molar-refractivity contribution >= 4 is 34.4 Å². The number of rotatable bonds is 5. The zero-order valence-corrected chi connectivity index (χ0v) is 15.0. The van der Waals surface area contributed by atoms with Gasteiger partial charge in [-0.25, -0.2) is 9.78 Å². The molecule has 0 spiro atoms. The molecule has 3 aromatic rings. The summed E-state index contributed by atoms with van der Waals surface area (Å²) < 4.78 is 5.22. The highest BCUT2D eigenvalue weighted by Crippen LogP contribution is 2.31. The summed E-state index contributed by atoms with van der Waals surface area (Å²) in [4.78, 5) is 18.9. The van der Waals surface area contributed by atoms with E-state index in [0.29, 0.717) is 18.0 Å². The number of thiazole rings is 1. The third-order valence-electron chi connectivity index (χ3n) is 3.39. The Kier molecular flexibility index (Phi) is 5.12. The lowest BCUT2D eigenvalue weighted by atomic mass is 10.3. The third-order valence-corrected chi connectivity index (χ3v) is 5.59. The fourth-order valence-corrected chi connectivity index (χ4v) is 3.97. The van der Waals surface area contributed by atoms with E-state index >= 15 is 0 Å². The molecule has 0 aliphatic rings. The SMILES string of the molecule is COc1ccccc1NC(=O)NCc1sc(-c2cccs2)nc1C. The molecule has 1 aromatic carbocycles. The molecule has 7 heteroatoms. The fraction of sp³-hybridized carbons (Fsp3) is 0.176. The minimum atomic E-state index is -0.273. The summed E-state index contributed by atoms with van der Waals surface area (Å²) in [7, 11) is 1.57. The van der Waals surface area contributed by atoms with Crippen molar-refractivity contribution in [3.8, 4) is 15.6 Å². The summed E-state index contributed by atoms with van der Waals surface area (Å²) in [5.74, 6) is 0.626. The lowest BCUT2D eigenvalue weighted by Gasteiger charge is -2.10. The van der Waals surface area contributed by atoms with Crippen molar-refractivity contribution in [2.75, 3.05) is 12.4 Å². The van der Waals surface area contributed by atoms with Crippen LogP contribution < -0.4 is 15.4 Å². The van der Waals surface area contributed by atoms with Crippen molar-refractivity contribution in [2.24, 2.45) is 0 Å². The first kappa shape index (κ1) is 16.5. The number of carbonyl (C=O) groups excluding carboxylic acids is 1. The molecule has 0 aliphatic carbocycles. The molecule has 2 aromatic heterocycles. The normalized spacial score (nSPS) is 10.4. The van der Waals surface area contributed by atoms with E-state index in [2.05, 4.69) is 21.7 Å². The van der Waals surface area contributed by atoms with Crippen LogP contribution in [0, 0.1) is 6.92 Å². The first-order chi connectivity index (χ1) is 11.7. The molecule has 3 rings (SSSR count). The molecule has 0 saturated heterocycles. The first-order valence-corrected chi connectivity index (χ1v) is 9.05. The number of nitrogens with zero attached hydrogens (tertiary/aromatic N) is 1. The van der Waals surface area contributed by atoms with E-state index in [-0.39, 0.29) is 6.03 Å². The Labute approximate surface area is 148 Å². The van der Waals surface area contributed by atoms with Crippen LogP contribution in [0.1, 0.15) is 10.6 Å². The van der Waals surface area contributed by atoms with E-state index in [0.717, 1.165) is 20.5 Å². The summed E-state index contributed by atoms with van der Waals surface area (Å²) in [6.45, 7) is 2.40. The van der Waals surface area contributed by atoms with Crippen LogP contribution >= 0.6 is 22.7 Å². The summed E-state index contributed by atoms with van der Waals surface area (Å²) in [6.07, 6.45) is 0. The van der Waals surface area contributed by atoms with Gasteiger partial charge >= 0.3 is 6.03 Å². The maximum atomic E-state index is 12.1. The Balaban J connectivity index is 1.62. The monoisotopic (exact) mass is 359 g/mol. The standard InChI is InChI=1S/C17H17N3O2S2/c1-11-15(24-16(19-11)14-8-5-9-23-14)10-18-17(21)20-12-6-3-4-7-13(12)22-2/h3-9H,10H2,1-2H3,(H2,18,20,21). The van der Waals surface area contributed by atoms with Crippen molar-refractivity contribution in [3.63, 3.8) is 0 Å². The lowest BCUT2D eigenvalue weighted by molar-refractivity contribution is 0.251. The molecule has 2 heterocycles. The van der Waals surface area contributed by atoms with Crippen molar-refractivity contribution in [1.29, 1.82) is 0 Å². The van der Waals surface area contributed by atoms with Crippen LogP contribution in [0.25, 0.3) is 9.88 Å². The minimum absolute atomic E-state index is 0.273. The van der Waals surface area contributed by atoms with Gasteiger partial charge in [-0.05, 0) is 30.5 Å². The van der Waals surface area contributed by atoms with Crippen LogP contribution in [0.4, 0.5) is 10.5 Å². The molecular formula is C17H17N3O2S2. The number of hydrogen-bond acceptors (Lipinski definition) is 5. The van der Waals surface area contributed by atoms with Crippen LogP contribution in [0.15, 0.2) is 41.8 Å². The zero-order chi connectivity index (χ0) is 16.9. The second kappa shape index (κ2) is 7.46. The number of nitrogens with one attached hydrogen (secondary N) is 2. The highest BCUT2D eigenvalue weighted by Gasteiger charge is 2.12. The van der Waals surface area contributed by atoms with E-state index in [9.17, 15) is 4.79 Å². The topological polar surface area (TPSA) is 63.2 Å². The molecule has 0 aliphatic heterocycles. The molecule has 24 heavy (non-hydrogen) atoms. The number of para-hydroxylation sites is 2. The average molecular weight is 359 g/mol. The lowest BCUT2D eigenvalue weighted by Crippen LogP contribution is -2.28. The largest absolute Gasteiger partial charge is 0.495 e. The van der Waals surface area contributed by atoms with Crippen molar-refractivity contribution < 1.29 is 9.53 Å². The van der Waals surface area contributed by atoms with E-state index in [1.807, 2.05) is 30.5 Å². The predicted octanol–water partition coefficient (Wildman–Crippen LogP) is 4.51. The molecule has 0 saturated carbocycles. The Morgan fingerprint density at radius 2 is 2.08 bits per heavy atom. The molecule has 0 unspecified atom stereocenters. The minimum Gasteiger partial charge on any atom is -0.495 e. The number of benzene rings is 1. The van der Waals surface area contributed by atoms with Gasteiger partial charge in [-0.15, -0.1) is 22.7 Å². The molecule has 5 nitrogen and oxygen atoms in total. The smallest absolute Gasteiger partial charge is 0.319 e. The van der Waals surface area contributed by atoms with Gasteiger partial charge in [0.25, 0.3) is 0 Å². The van der Waals surface area contributed by atoms with E-state index in [1.54, 1.807) is 41.9 Å². The summed E-state index contributed by atoms with van der Waals surface area (Å²) >= 11 is 3.27. The van der Waals surface area contributed by atoms with Gasteiger partial charge < -0.3 is 15.4 Å². The van der Waals surface area contributed by atoms with Crippen LogP contribution in [0.3, 0.4) is 0 Å². The predicted molar refractivity (Wildman–Crippen MR) is 99.0 cm³/mol. The van der Waals surface area contributed by atoms with Gasteiger partial charge in [0.2, 0.25) is 0 Å². The Morgan fingerprint density at radius 1 is 1.25 bits per heavy atom. The molecule has 2 amide bonds. The highest BCUT2D eigenvalue weighted by molar-refractivity contribution is 7.21. The van der Waals surface area contributed by atoms with Gasteiger partial charge in [-0.2, -0.15) is 0 Å². The summed E-state index contributed by atoms with van der Waals surface area (Å²) in [5, 5.41) is 8.69. The summed E-state index contributed by atoms with van der Waals surface area (Å²) in [6, 6.07) is 11.1. The number of aryl methyl sites for hydroxylation is 1. The second-order valence-electron chi connectivity index (χ2n) is 5.01. The van der Waals surface area contributed by atoms with Gasteiger partial charge in [0.1, 0.15) is 10.8 Å². The van der Waals surface area contributed by atoms with Crippen LogP contribution in [0.5, 0.6) is 5.75 Å². The number of amides is 2. The fourth-order valence-electron chi connectivity index (χ4n) is 2.17. The maximum absolute atomic E-state index is 12.1. The Bertz CT molecular complexity index is 828. The molecule has 2 N–H and O–H groups in total. The molecule has 0 radical (unpaired) electrons. The van der Waals surface area contributed by atoms with Gasteiger partial charge in [0.15, 0.2) is 0 Å². The summed E-state index contributed by atoms with van der Waals surface area (Å²) in [5.41, 5.74) is 1.58. The Hall–Kier alpha value is -2.38. The first-order valence-electron chi connectivity index (χ1n) is 7.35. The number of urea groups is 1. The average Bonchev–Trinajstić information content (AvgIpc) is 3.23. The highest BCUT2D eigenvalue weighted by atomic mass is 32.1. The molecular weight excluding hydrogens is 342 g/mol. The molecule has 124 valence electrons. The van der Waals surface area contributed by atoms with Crippen molar-refractivity contribution in [1.82, 2.24) is 10.3 Å². The number of thiophene rings is 1. The van der Waals surface area contributed by atoms with Gasteiger partial charge in [0, 0.05) is 4.88 Å². The second-order valence-corrected chi connectivity index (χ2v) is 7.04. The third kappa shape index (κ3) is 3.74. The van der Waals surface area contributed by atoms with Gasteiger partial charge in [0.05, 0.1) is 29.9 Å². The van der Waals surface area contributed by atoms with Crippen molar-refractivity contribution in [3.05, 3.63) is 52.3 Å². The number of ether oxygens (including phenoxy) is 1.